The SMILES string of the molecule is O=P(O)(O)CCCNCc1ccc(SCCCCC2(c3ccc(F)cc3)CCCCC2)cn1. The third-order valence-corrected chi connectivity index (χ3v) is 8.46. The van der Waals surface area contributed by atoms with Crippen molar-refractivity contribution >= 4 is 19.4 Å². The minimum atomic E-state index is -3.90. The van der Waals surface area contributed by atoms with Crippen LogP contribution in [0.2, 0.25) is 0 Å². The van der Waals surface area contributed by atoms with Crippen LogP contribution >= 0.6 is 19.4 Å². The molecule has 5 nitrogen and oxygen atoms in total. The van der Waals surface area contributed by atoms with Crippen LogP contribution in [0.4, 0.5) is 4.39 Å². The molecule has 0 aliphatic heterocycles. The fourth-order valence-corrected chi connectivity index (χ4v) is 6.14. The molecular formula is C25H36FN2O3PS. The van der Waals surface area contributed by atoms with Gasteiger partial charge in [-0.1, -0.05) is 37.8 Å². The number of hydrogen-bond donors (Lipinski definition) is 3. The Morgan fingerprint density at radius 3 is 2.45 bits per heavy atom. The summed E-state index contributed by atoms with van der Waals surface area (Å²) in [5, 5.41) is 3.17. The highest BCUT2D eigenvalue weighted by atomic mass is 32.2. The third-order valence-electron chi connectivity index (χ3n) is 6.49. The zero-order valence-corrected chi connectivity index (χ0v) is 20.9. The molecule has 0 amide bonds. The van der Waals surface area contributed by atoms with E-state index in [4.69, 9.17) is 9.79 Å². The standard InChI is InChI=1S/C25H36FN2O3PS/c26-22-9-7-21(8-10-22)25(13-2-1-3-14-25)15-4-5-18-33-24-12-11-23(28-20-24)19-27-16-6-17-32(29,30)31/h7-12,20,27H,1-6,13-19H2,(H2,29,30,31). The van der Waals surface area contributed by atoms with E-state index in [0.717, 1.165) is 22.8 Å². The number of thioether (sulfide) groups is 1. The number of nitrogens with one attached hydrogen (secondary N) is 1. The molecule has 1 aliphatic carbocycles. The molecule has 0 radical (unpaired) electrons. The van der Waals surface area contributed by atoms with E-state index >= 15 is 0 Å². The largest absolute Gasteiger partial charge is 0.325 e. The Kier molecular flexibility index (Phi) is 10.4. The van der Waals surface area contributed by atoms with Gasteiger partial charge in [-0.3, -0.25) is 9.55 Å². The van der Waals surface area contributed by atoms with Crippen molar-refractivity contribution in [2.75, 3.05) is 18.5 Å². The van der Waals surface area contributed by atoms with Crippen molar-refractivity contribution in [1.82, 2.24) is 10.3 Å². The van der Waals surface area contributed by atoms with Gasteiger partial charge in [0, 0.05) is 17.6 Å². The van der Waals surface area contributed by atoms with E-state index in [1.807, 2.05) is 36.2 Å². The van der Waals surface area contributed by atoms with Crippen molar-refractivity contribution in [2.24, 2.45) is 0 Å². The maximum atomic E-state index is 13.4. The number of hydrogen-bond acceptors (Lipinski definition) is 4. The van der Waals surface area contributed by atoms with Crippen molar-refractivity contribution < 1.29 is 18.7 Å². The number of rotatable bonds is 13. The molecule has 1 aromatic carbocycles. The van der Waals surface area contributed by atoms with Gasteiger partial charge in [-0.15, -0.1) is 11.8 Å². The van der Waals surface area contributed by atoms with Gasteiger partial charge in [-0.25, -0.2) is 4.39 Å². The average molecular weight is 495 g/mol. The van der Waals surface area contributed by atoms with Crippen molar-refractivity contribution in [1.29, 1.82) is 0 Å². The quantitative estimate of drug-likeness (QED) is 0.179. The maximum absolute atomic E-state index is 13.4. The summed E-state index contributed by atoms with van der Waals surface area (Å²) in [5.41, 5.74) is 2.46. The van der Waals surface area contributed by atoms with Crippen molar-refractivity contribution in [3.05, 3.63) is 59.7 Å². The molecule has 33 heavy (non-hydrogen) atoms. The Balaban J connectivity index is 1.37. The van der Waals surface area contributed by atoms with Gasteiger partial charge in [0.2, 0.25) is 0 Å². The van der Waals surface area contributed by atoms with E-state index in [2.05, 4.69) is 16.4 Å². The average Bonchev–Trinajstić information content (AvgIpc) is 2.80. The molecule has 8 heteroatoms. The smallest absolute Gasteiger partial charge is 0.324 e. The highest BCUT2D eigenvalue weighted by molar-refractivity contribution is 7.99. The van der Waals surface area contributed by atoms with Crippen molar-refractivity contribution in [3.8, 4) is 0 Å². The molecule has 0 unspecified atom stereocenters. The number of halogens is 1. The second-order valence-electron chi connectivity index (χ2n) is 9.06. The van der Waals surface area contributed by atoms with Crippen LogP contribution in [-0.2, 0) is 16.5 Å². The van der Waals surface area contributed by atoms with Gasteiger partial charge < -0.3 is 15.1 Å². The Bertz CT molecular complexity index is 884. The molecule has 3 N–H and O–H groups in total. The van der Waals surface area contributed by atoms with Crippen LogP contribution in [0.1, 0.15) is 69.0 Å². The van der Waals surface area contributed by atoms with Crippen LogP contribution in [0, 0.1) is 5.82 Å². The molecule has 0 bridgehead atoms. The van der Waals surface area contributed by atoms with Gasteiger partial charge in [-0.2, -0.15) is 0 Å². The van der Waals surface area contributed by atoms with Crippen LogP contribution in [0.5, 0.6) is 0 Å². The summed E-state index contributed by atoms with van der Waals surface area (Å²) >= 11 is 1.83. The lowest BCUT2D eigenvalue weighted by Gasteiger charge is -2.38. The Labute approximate surface area is 201 Å². The van der Waals surface area contributed by atoms with Crippen LogP contribution in [0.15, 0.2) is 47.5 Å². The highest BCUT2D eigenvalue weighted by Crippen LogP contribution is 2.43. The summed E-state index contributed by atoms with van der Waals surface area (Å²) < 4.78 is 24.3. The second-order valence-corrected chi connectivity index (χ2v) is 12.0. The molecule has 0 spiro atoms. The van der Waals surface area contributed by atoms with Crippen LogP contribution in [-0.4, -0.2) is 33.2 Å². The summed E-state index contributed by atoms with van der Waals surface area (Å²) in [7, 11) is -3.90. The topological polar surface area (TPSA) is 82.5 Å². The molecule has 1 aromatic heterocycles. The lowest BCUT2D eigenvalue weighted by Crippen LogP contribution is -2.29. The van der Waals surface area contributed by atoms with Crippen LogP contribution in [0.25, 0.3) is 0 Å². The van der Waals surface area contributed by atoms with E-state index in [1.54, 1.807) is 12.1 Å². The van der Waals surface area contributed by atoms with Gasteiger partial charge in [-0.05, 0) is 79.6 Å². The summed E-state index contributed by atoms with van der Waals surface area (Å²) in [6.07, 6.45) is 12.0. The highest BCUT2D eigenvalue weighted by Gasteiger charge is 2.33. The summed E-state index contributed by atoms with van der Waals surface area (Å²) in [6.45, 7) is 1.15. The van der Waals surface area contributed by atoms with E-state index in [9.17, 15) is 8.96 Å². The molecule has 1 fully saturated rings. The molecule has 0 atom stereocenters. The molecule has 182 valence electrons. The molecule has 1 heterocycles. The number of pyridine rings is 1. The maximum Gasteiger partial charge on any atom is 0.325 e. The fraction of sp³-hybridized carbons (Fsp3) is 0.560. The predicted octanol–water partition coefficient (Wildman–Crippen LogP) is 6.04. The minimum Gasteiger partial charge on any atom is -0.324 e. The van der Waals surface area contributed by atoms with Gasteiger partial charge in [0.1, 0.15) is 5.82 Å². The van der Waals surface area contributed by atoms with E-state index < -0.39 is 7.60 Å². The zero-order chi connectivity index (χ0) is 23.6. The number of unbranched alkanes of at least 4 members (excludes halogenated alkanes) is 1. The third kappa shape index (κ3) is 9.14. The first kappa shape index (κ1) is 26.4. The molecule has 1 saturated carbocycles. The summed E-state index contributed by atoms with van der Waals surface area (Å²) in [6, 6.07) is 11.3. The normalized spacial score (nSPS) is 16.1. The van der Waals surface area contributed by atoms with Crippen LogP contribution in [0.3, 0.4) is 0 Å². The number of nitrogens with zero attached hydrogens (tertiary/aromatic N) is 1. The molecule has 3 rings (SSSR count). The molecule has 2 aromatic rings. The first-order chi connectivity index (χ1) is 15.9. The van der Waals surface area contributed by atoms with Gasteiger partial charge >= 0.3 is 7.60 Å². The summed E-state index contributed by atoms with van der Waals surface area (Å²) in [4.78, 5) is 23.4. The molecule has 1 aliphatic rings. The number of benzene rings is 1. The van der Waals surface area contributed by atoms with Crippen LogP contribution < -0.4 is 5.32 Å². The molecule has 0 saturated heterocycles. The Morgan fingerprint density at radius 2 is 1.79 bits per heavy atom. The lowest BCUT2D eigenvalue weighted by atomic mass is 9.67. The minimum absolute atomic E-state index is 0.0893. The van der Waals surface area contributed by atoms with E-state index in [0.29, 0.717) is 19.5 Å². The van der Waals surface area contributed by atoms with E-state index in [-0.39, 0.29) is 17.4 Å². The van der Waals surface area contributed by atoms with Gasteiger partial charge in [0.15, 0.2) is 0 Å². The Morgan fingerprint density at radius 1 is 1.03 bits per heavy atom. The zero-order valence-electron chi connectivity index (χ0n) is 19.2. The van der Waals surface area contributed by atoms with E-state index in [1.165, 1.54) is 50.5 Å². The lowest BCUT2D eigenvalue weighted by molar-refractivity contribution is 0.267. The second kappa shape index (κ2) is 13.0. The molecular weight excluding hydrogens is 458 g/mol. The summed E-state index contributed by atoms with van der Waals surface area (Å²) in [5.74, 6) is 0.901. The van der Waals surface area contributed by atoms with Gasteiger partial charge in [0.25, 0.3) is 0 Å². The first-order valence-corrected chi connectivity index (χ1v) is 14.7. The van der Waals surface area contributed by atoms with Crippen molar-refractivity contribution in [2.45, 2.75) is 74.6 Å². The monoisotopic (exact) mass is 494 g/mol. The predicted molar refractivity (Wildman–Crippen MR) is 133 cm³/mol. The fourth-order valence-electron chi connectivity index (χ4n) is 4.70. The van der Waals surface area contributed by atoms with Gasteiger partial charge in [0.05, 0.1) is 11.9 Å². The first-order valence-electron chi connectivity index (χ1n) is 12.0. The number of aromatic nitrogens is 1. The Hall–Kier alpha value is -1.24. The van der Waals surface area contributed by atoms with Crippen molar-refractivity contribution in [3.63, 3.8) is 0 Å².